The van der Waals surface area contributed by atoms with Crippen LogP contribution >= 0.6 is 0 Å². The smallest absolute Gasteiger partial charge is 0.305 e. The van der Waals surface area contributed by atoms with Gasteiger partial charge in [0.2, 0.25) is 0 Å². The number of carbonyl (C=O) groups is 1. The lowest BCUT2D eigenvalue weighted by atomic mass is 10.2. The van der Waals surface area contributed by atoms with Crippen molar-refractivity contribution in [3.63, 3.8) is 0 Å². The first kappa shape index (κ1) is 46.7. The molecule has 0 amide bonds. The van der Waals surface area contributed by atoms with Crippen molar-refractivity contribution in [3.05, 3.63) is 12.7 Å². The Morgan fingerprint density at radius 2 is 0.667 bits per heavy atom. The minimum Gasteiger partial charge on any atom is -0.463 e. The van der Waals surface area contributed by atoms with E-state index in [1.54, 1.807) is 6.08 Å². The highest BCUT2D eigenvalue weighted by molar-refractivity contribution is 5.69. The maximum atomic E-state index is 11.5. The van der Waals surface area contributed by atoms with E-state index in [0.717, 1.165) is 25.7 Å². The van der Waals surface area contributed by atoms with Crippen LogP contribution in [-0.2, 0) is 66.4 Å². The molecule has 0 bridgehead atoms. The van der Waals surface area contributed by atoms with Gasteiger partial charge >= 0.3 is 5.97 Å². The largest absolute Gasteiger partial charge is 0.463 e. The summed E-state index contributed by atoms with van der Waals surface area (Å²) in [5.41, 5.74) is 0. The van der Waals surface area contributed by atoms with Crippen LogP contribution in [0.2, 0.25) is 0 Å². The minimum atomic E-state index is -0.153. The summed E-state index contributed by atoms with van der Waals surface area (Å²) >= 11 is 0. The second kappa shape index (κ2) is 43.8. The molecule has 0 rings (SSSR count). The summed E-state index contributed by atoms with van der Waals surface area (Å²) in [6, 6.07) is 0. The Bertz CT molecular complexity index is 629. The predicted octanol–water partition coefficient (Wildman–Crippen LogP) is 2.89. The van der Waals surface area contributed by atoms with Gasteiger partial charge in [-0.1, -0.05) is 32.3 Å². The number of hydrogen-bond donors (Lipinski definition) is 0. The van der Waals surface area contributed by atoms with Gasteiger partial charge in [0.05, 0.1) is 159 Å². The quantitative estimate of drug-likeness (QED) is 0.0524. The molecular formula is C34H66O14. The van der Waals surface area contributed by atoms with E-state index < -0.39 is 0 Å². The fourth-order valence-corrected chi connectivity index (χ4v) is 3.57. The van der Waals surface area contributed by atoms with Crippen molar-refractivity contribution in [2.75, 3.05) is 165 Å². The molecule has 0 aromatic rings. The van der Waals surface area contributed by atoms with Crippen molar-refractivity contribution in [3.8, 4) is 0 Å². The molecule has 0 radical (unpaired) electrons. The molecule has 14 heteroatoms. The molecule has 0 N–H and O–H groups in total. The fourth-order valence-electron chi connectivity index (χ4n) is 3.57. The summed E-state index contributed by atoms with van der Waals surface area (Å²) in [5.74, 6) is -0.153. The first-order chi connectivity index (χ1) is 23.8. The van der Waals surface area contributed by atoms with Gasteiger partial charge in [0.15, 0.2) is 0 Å². The van der Waals surface area contributed by atoms with Crippen LogP contribution in [-0.4, -0.2) is 171 Å². The molecule has 0 saturated carbocycles. The van der Waals surface area contributed by atoms with Crippen LogP contribution in [0.15, 0.2) is 12.7 Å². The maximum Gasteiger partial charge on any atom is 0.305 e. The Hall–Kier alpha value is -1.27. The number of carbonyl (C=O) groups excluding carboxylic acids is 1. The van der Waals surface area contributed by atoms with Crippen molar-refractivity contribution in [2.24, 2.45) is 0 Å². The van der Waals surface area contributed by atoms with E-state index in [0.29, 0.717) is 165 Å². The molecular weight excluding hydrogens is 632 g/mol. The van der Waals surface area contributed by atoms with E-state index in [9.17, 15) is 4.79 Å². The molecule has 0 unspecified atom stereocenters. The molecule has 286 valence electrons. The van der Waals surface area contributed by atoms with Crippen LogP contribution in [0.3, 0.4) is 0 Å². The van der Waals surface area contributed by atoms with E-state index >= 15 is 0 Å². The summed E-state index contributed by atoms with van der Waals surface area (Å²) in [4.78, 5) is 11.5. The van der Waals surface area contributed by atoms with Gasteiger partial charge in [-0.2, -0.15) is 0 Å². The SMILES string of the molecule is C=CCOCCOCCOCCOCCOCCOCCOCCOCCOCCOCCOCCOCCOC(=O)CCCCCC. The second-order valence-corrected chi connectivity index (χ2v) is 10.1. The molecule has 0 saturated heterocycles. The molecule has 0 aliphatic heterocycles. The first-order valence-corrected chi connectivity index (χ1v) is 17.5. The lowest BCUT2D eigenvalue weighted by Gasteiger charge is -2.09. The average molecular weight is 699 g/mol. The molecule has 0 aliphatic rings. The normalized spacial score (nSPS) is 11.4. The van der Waals surface area contributed by atoms with Gasteiger partial charge in [-0.3, -0.25) is 4.79 Å². The third-order valence-corrected chi connectivity index (χ3v) is 6.05. The van der Waals surface area contributed by atoms with Crippen molar-refractivity contribution >= 4 is 5.97 Å². The third kappa shape index (κ3) is 42.8. The molecule has 48 heavy (non-hydrogen) atoms. The molecule has 14 nitrogen and oxygen atoms in total. The topological polar surface area (TPSA) is 137 Å². The van der Waals surface area contributed by atoms with Crippen molar-refractivity contribution < 1.29 is 66.4 Å². The highest BCUT2D eigenvalue weighted by atomic mass is 16.6. The number of hydrogen-bond acceptors (Lipinski definition) is 14. The lowest BCUT2D eigenvalue weighted by Crippen LogP contribution is -2.15. The highest BCUT2D eigenvalue weighted by Gasteiger charge is 2.02. The summed E-state index contributed by atoms with van der Waals surface area (Å²) in [6.07, 6.45) is 6.46. The van der Waals surface area contributed by atoms with Crippen molar-refractivity contribution in [1.29, 1.82) is 0 Å². The summed E-state index contributed by atoms with van der Waals surface area (Å²) in [6.45, 7) is 18.0. The Kier molecular flexibility index (Phi) is 42.6. The van der Waals surface area contributed by atoms with E-state index in [-0.39, 0.29) is 12.6 Å². The molecule has 0 fully saturated rings. The Balaban J connectivity index is 3.08. The Morgan fingerprint density at radius 3 is 0.938 bits per heavy atom. The van der Waals surface area contributed by atoms with Crippen LogP contribution in [0.4, 0.5) is 0 Å². The van der Waals surface area contributed by atoms with Gasteiger partial charge in [0.25, 0.3) is 0 Å². The zero-order valence-electron chi connectivity index (χ0n) is 29.7. The van der Waals surface area contributed by atoms with Gasteiger partial charge in [-0.25, -0.2) is 0 Å². The highest BCUT2D eigenvalue weighted by Crippen LogP contribution is 2.03. The predicted molar refractivity (Wildman–Crippen MR) is 180 cm³/mol. The van der Waals surface area contributed by atoms with Gasteiger partial charge in [0, 0.05) is 6.42 Å². The first-order valence-electron chi connectivity index (χ1n) is 17.5. The van der Waals surface area contributed by atoms with E-state index in [2.05, 4.69) is 13.5 Å². The van der Waals surface area contributed by atoms with E-state index in [4.69, 9.17) is 61.6 Å². The summed E-state index contributed by atoms with van der Waals surface area (Å²) in [5, 5.41) is 0. The lowest BCUT2D eigenvalue weighted by molar-refractivity contribution is -0.145. The average Bonchev–Trinajstić information content (AvgIpc) is 3.09. The van der Waals surface area contributed by atoms with Crippen molar-refractivity contribution in [2.45, 2.75) is 39.0 Å². The molecule has 0 aliphatic carbocycles. The Morgan fingerprint density at radius 1 is 0.396 bits per heavy atom. The standard InChI is InChI=1S/C34H66O14/c1-3-5-6-7-8-34(35)48-33-32-47-31-30-46-29-28-45-27-26-44-25-24-43-23-22-42-21-20-41-19-18-40-17-16-39-15-14-38-13-12-37-11-10-36-9-4-2/h4H,2-3,5-33H2,1H3. The monoisotopic (exact) mass is 698 g/mol. The van der Waals surface area contributed by atoms with Crippen LogP contribution in [0.1, 0.15) is 39.0 Å². The molecule has 0 heterocycles. The van der Waals surface area contributed by atoms with Gasteiger partial charge in [-0.05, 0) is 6.42 Å². The van der Waals surface area contributed by atoms with Crippen LogP contribution in [0, 0.1) is 0 Å². The molecule has 0 atom stereocenters. The summed E-state index contributed by atoms with van der Waals surface area (Å²) < 4.78 is 70.3. The number of esters is 1. The van der Waals surface area contributed by atoms with Crippen LogP contribution in [0.5, 0.6) is 0 Å². The fraction of sp³-hybridized carbons (Fsp3) is 0.912. The Labute approximate surface area is 289 Å². The number of rotatable bonds is 43. The van der Waals surface area contributed by atoms with Crippen LogP contribution < -0.4 is 0 Å². The zero-order valence-corrected chi connectivity index (χ0v) is 29.7. The third-order valence-electron chi connectivity index (χ3n) is 6.05. The van der Waals surface area contributed by atoms with Crippen LogP contribution in [0.25, 0.3) is 0 Å². The number of ether oxygens (including phenoxy) is 13. The van der Waals surface area contributed by atoms with Gasteiger partial charge in [-0.15, -0.1) is 6.58 Å². The summed E-state index contributed by atoms with van der Waals surface area (Å²) in [7, 11) is 0. The van der Waals surface area contributed by atoms with Gasteiger partial charge < -0.3 is 61.6 Å². The molecule has 0 aromatic heterocycles. The van der Waals surface area contributed by atoms with Gasteiger partial charge in [0.1, 0.15) is 6.61 Å². The second-order valence-electron chi connectivity index (χ2n) is 10.1. The zero-order chi connectivity index (χ0) is 34.7. The van der Waals surface area contributed by atoms with E-state index in [1.165, 1.54) is 0 Å². The molecule has 0 spiro atoms. The van der Waals surface area contributed by atoms with E-state index in [1.807, 2.05) is 0 Å². The maximum absolute atomic E-state index is 11.5. The molecule has 0 aromatic carbocycles. The van der Waals surface area contributed by atoms with Crippen molar-refractivity contribution in [1.82, 2.24) is 0 Å². The minimum absolute atomic E-state index is 0.153. The number of unbranched alkanes of at least 4 members (excludes halogenated alkanes) is 3.